The molecule has 84 valence electrons. The lowest BCUT2D eigenvalue weighted by Crippen LogP contribution is -1.83. The van der Waals surface area contributed by atoms with Crippen LogP contribution in [0.1, 0.15) is 25.8 Å². The fourth-order valence-corrected chi connectivity index (χ4v) is 1.05. The summed E-state index contributed by atoms with van der Waals surface area (Å²) in [6, 6.07) is 5.03. The average Bonchev–Trinajstić information content (AvgIpc) is 2.12. The predicted octanol–water partition coefficient (Wildman–Crippen LogP) is 2.14. The van der Waals surface area contributed by atoms with E-state index in [1.54, 1.807) is 6.07 Å². The third kappa shape index (κ3) is 5.57. The number of carbonyl (C=O) groups is 1. The van der Waals surface area contributed by atoms with Crippen molar-refractivity contribution in [2.24, 2.45) is 0 Å². The molecule has 3 N–H and O–H groups in total. The van der Waals surface area contributed by atoms with Crippen LogP contribution in [0.15, 0.2) is 18.2 Å². The van der Waals surface area contributed by atoms with Crippen LogP contribution in [-0.4, -0.2) is 21.3 Å². The van der Waals surface area contributed by atoms with Crippen molar-refractivity contribution in [2.75, 3.05) is 0 Å². The minimum Gasteiger partial charge on any atom is -0.504 e. The molecule has 1 aromatic rings. The molecule has 0 heterocycles. The number of benzene rings is 1. The number of para-hydroxylation sites is 1. The Hall–Kier alpha value is -1.71. The summed E-state index contributed by atoms with van der Waals surface area (Å²) in [5.41, 5.74) is 0.813. The van der Waals surface area contributed by atoms with Crippen LogP contribution in [0, 0.1) is 0 Å². The lowest BCUT2D eigenvalue weighted by Gasteiger charge is -2.03. The van der Waals surface area contributed by atoms with Gasteiger partial charge in [-0.1, -0.05) is 25.5 Å². The summed E-state index contributed by atoms with van der Waals surface area (Å²) in [6.45, 7) is 3.11. The van der Waals surface area contributed by atoms with E-state index in [0.717, 1.165) is 25.3 Å². The van der Waals surface area contributed by atoms with E-state index in [9.17, 15) is 5.11 Å². The van der Waals surface area contributed by atoms with E-state index in [-0.39, 0.29) is 11.5 Å². The van der Waals surface area contributed by atoms with Gasteiger partial charge in [-0.15, -0.1) is 0 Å². The van der Waals surface area contributed by atoms with Crippen LogP contribution < -0.4 is 0 Å². The summed E-state index contributed by atoms with van der Waals surface area (Å²) in [5.74, 6) is -0.842. The molecule has 4 heteroatoms. The summed E-state index contributed by atoms with van der Waals surface area (Å²) in [6.07, 6.45) is 1.78. The highest BCUT2D eigenvalue weighted by molar-refractivity contribution is 5.62. The van der Waals surface area contributed by atoms with Crippen molar-refractivity contribution in [3.63, 3.8) is 0 Å². The number of carboxylic acid groups (broad SMARTS) is 1. The molecule has 15 heavy (non-hydrogen) atoms. The molecule has 0 spiro atoms. The maximum absolute atomic E-state index is 9.28. The molecule has 0 saturated carbocycles. The number of rotatable bonds is 2. The van der Waals surface area contributed by atoms with Crippen LogP contribution >= 0.6 is 0 Å². The highest BCUT2D eigenvalue weighted by Crippen LogP contribution is 2.28. The van der Waals surface area contributed by atoms with E-state index in [4.69, 9.17) is 15.0 Å². The number of aromatic hydroxyl groups is 2. The predicted molar refractivity (Wildman–Crippen MR) is 57.1 cm³/mol. The highest BCUT2D eigenvalue weighted by Gasteiger charge is 2.02. The molecule has 0 aromatic heterocycles. The molecule has 0 unspecified atom stereocenters. The van der Waals surface area contributed by atoms with Gasteiger partial charge in [0.1, 0.15) is 0 Å². The average molecular weight is 212 g/mol. The molecule has 0 aliphatic heterocycles. The highest BCUT2D eigenvalue weighted by atomic mass is 16.4. The second-order valence-corrected chi connectivity index (χ2v) is 3.05. The first-order valence-electron chi connectivity index (χ1n) is 4.68. The van der Waals surface area contributed by atoms with Crippen LogP contribution in [0.5, 0.6) is 11.5 Å². The molecular formula is C11H16O4. The summed E-state index contributed by atoms with van der Waals surface area (Å²) in [7, 11) is 0. The van der Waals surface area contributed by atoms with Gasteiger partial charge in [0, 0.05) is 6.92 Å². The van der Waals surface area contributed by atoms with Crippen molar-refractivity contribution in [1.82, 2.24) is 0 Å². The van der Waals surface area contributed by atoms with Crippen molar-refractivity contribution < 1.29 is 20.1 Å². The van der Waals surface area contributed by atoms with Crippen LogP contribution in [-0.2, 0) is 11.2 Å². The van der Waals surface area contributed by atoms with Crippen LogP contribution in [0.4, 0.5) is 0 Å². The maximum Gasteiger partial charge on any atom is 0.300 e. The van der Waals surface area contributed by atoms with E-state index >= 15 is 0 Å². The third-order valence-electron chi connectivity index (χ3n) is 1.62. The maximum atomic E-state index is 9.28. The third-order valence-corrected chi connectivity index (χ3v) is 1.62. The van der Waals surface area contributed by atoms with E-state index in [2.05, 4.69) is 0 Å². The Balaban J connectivity index is 0.000000423. The Kier molecular flexibility index (Phi) is 5.94. The Morgan fingerprint density at radius 2 is 1.87 bits per heavy atom. The van der Waals surface area contributed by atoms with E-state index in [1.165, 1.54) is 6.07 Å². The van der Waals surface area contributed by atoms with E-state index in [1.807, 2.05) is 13.0 Å². The summed E-state index contributed by atoms with van der Waals surface area (Å²) >= 11 is 0. The fraction of sp³-hybridized carbons (Fsp3) is 0.364. The van der Waals surface area contributed by atoms with Crippen molar-refractivity contribution in [2.45, 2.75) is 26.7 Å². The summed E-state index contributed by atoms with van der Waals surface area (Å²) < 4.78 is 0. The van der Waals surface area contributed by atoms with E-state index in [0.29, 0.717) is 0 Å². The Morgan fingerprint density at radius 3 is 2.33 bits per heavy atom. The van der Waals surface area contributed by atoms with Gasteiger partial charge in [0.05, 0.1) is 0 Å². The van der Waals surface area contributed by atoms with Gasteiger partial charge in [0.15, 0.2) is 11.5 Å². The Labute approximate surface area is 88.8 Å². The number of phenols is 2. The number of hydrogen-bond acceptors (Lipinski definition) is 3. The minimum absolute atomic E-state index is 0.0225. The first-order chi connectivity index (χ1) is 6.99. The zero-order valence-corrected chi connectivity index (χ0v) is 8.90. The van der Waals surface area contributed by atoms with Gasteiger partial charge < -0.3 is 15.3 Å². The first kappa shape index (κ1) is 13.3. The van der Waals surface area contributed by atoms with Gasteiger partial charge in [0.25, 0.3) is 5.97 Å². The van der Waals surface area contributed by atoms with Gasteiger partial charge in [-0.05, 0) is 18.1 Å². The van der Waals surface area contributed by atoms with Crippen molar-refractivity contribution in [1.29, 1.82) is 0 Å². The molecular weight excluding hydrogens is 196 g/mol. The van der Waals surface area contributed by atoms with Crippen LogP contribution in [0.3, 0.4) is 0 Å². The molecule has 1 rings (SSSR count). The molecule has 0 amide bonds. The van der Waals surface area contributed by atoms with Gasteiger partial charge >= 0.3 is 0 Å². The Morgan fingerprint density at radius 1 is 1.33 bits per heavy atom. The van der Waals surface area contributed by atoms with Gasteiger partial charge in [-0.2, -0.15) is 0 Å². The number of hydrogen-bond donors (Lipinski definition) is 3. The summed E-state index contributed by atoms with van der Waals surface area (Å²) in [5, 5.41) is 25.8. The zero-order chi connectivity index (χ0) is 11.8. The Bertz CT molecular complexity index is 316. The normalized spacial score (nSPS) is 8.93. The van der Waals surface area contributed by atoms with Gasteiger partial charge in [-0.25, -0.2) is 0 Å². The number of aryl methyl sites for hydroxylation is 1. The molecule has 0 fully saturated rings. The molecule has 0 aliphatic carbocycles. The van der Waals surface area contributed by atoms with Gasteiger partial charge in [-0.3, -0.25) is 4.79 Å². The van der Waals surface area contributed by atoms with Gasteiger partial charge in [0.2, 0.25) is 0 Å². The molecule has 1 aromatic carbocycles. The number of aliphatic carboxylic acids is 1. The van der Waals surface area contributed by atoms with Crippen molar-refractivity contribution in [3.05, 3.63) is 23.8 Å². The number of phenolic OH excluding ortho intramolecular Hbond substituents is 2. The lowest BCUT2D eigenvalue weighted by atomic mass is 10.1. The molecule has 0 saturated heterocycles. The smallest absolute Gasteiger partial charge is 0.300 e. The van der Waals surface area contributed by atoms with Crippen LogP contribution in [0.2, 0.25) is 0 Å². The largest absolute Gasteiger partial charge is 0.504 e. The molecule has 0 bridgehead atoms. The second-order valence-electron chi connectivity index (χ2n) is 3.05. The SMILES string of the molecule is CC(=O)O.CCCc1cccc(O)c1O. The zero-order valence-electron chi connectivity index (χ0n) is 8.90. The fourth-order valence-electron chi connectivity index (χ4n) is 1.05. The minimum atomic E-state index is -0.833. The van der Waals surface area contributed by atoms with Crippen molar-refractivity contribution >= 4 is 5.97 Å². The molecule has 0 aliphatic rings. The summed E-state index contributed by atoms with van der Waals surface area (Å²) in [4.78, 5) is 9.00. The topological polar surface area (TPSA) is 77.8 Å². The standard InChI is InChI=1S/C9H12O2.C2H4O2/c1-2-4-7-5-3-6-8(10)9(7)11;1-2(3)4/h3,5-6,10-11H,2,4H2,1H3;1H3,(H,3,4). The van der Waals surface area contributed by atoms with Crippen LogP contribution in [0.25, 0.3) is 0 Å². The quantitative estimate of drug-likeness (QED) is 0.656. The second kappa shape index (κ2) is 6.70. The van der Waals surface area contributed by atoms with Crippen molar-refractivity contribution in [3.8, 4) is 11.5 Å². The molecule has 4 nitrogen and oxygen atoms in total. The number of carboxylic acids is 1. The monoisotopic (exact) mass is 212 g/mol. The molecule has 0 radical (unpaired) electrons. The lowest BCUT2D eigenvalue weighted by molar-refractivity contribution is -0.134. The van der Waals surface area contributed by atoms with E-state index < -0.39 is 5.97 Å². The molecule has 0 atom stereocenters. The first-order valence-corrected chi connectivity index (χ1v) is 4.68.